The number of benzene rings is 1. The van der Waals surface area contributed by atoms with E-state index in [0.717, 1.165) is 0 Å². The van der Waals surface area contributed by atoms with Crippen molar-refractivity contribution in [1.29, 1.82) is 0 Å². The zero-order valence-electron chi connectivity index (χ0n) is 11.0. The molecule has 0 atom stereocenters. The van der Waals surface area contributed by atoms with Gasteiger partial charge in [0, 0.05) is 12.0 Å². The van der Waals surface area contributed by atoms with Gasteiger partial charge in [-0.3, -0.25) is 4.79 Å². The molecule has 1 aromatic heterocycles. The van der Waals surface area contributed by atoms with Gasteiger partial charge in [-0.1, -0.05) is 24.2 Å². The maximum absolute atomic E-state index is 12.1. The van der Waals surface area contributed by atoms with Gasteiger partial charge in [-0.05, 0) is 19.1 Å². The number of aromatic nitrogens is 2. The van der Waals surface area contributed by atoms with E-state index in [0.29, 0.717) is 17.8 Å². The number of aryl methyl sites for hydroxylation is 1. The number of Topliss-reactive ketones (excluding diaryl/α,β-unsaturated/α-hetero) is 1. The Kier molecular flexibility index (Phi) is 3.84. The highest BCUT2D eigenvalue weighted by Crippen LogP contribution is 2.16. The van der Waals surface area contributed by atoms with E-state index in [1.54, 1.807) is 19.9 Å². The first-order valence-corrected chi connectivity index (χ1v) is 7.37. The Balaban J connectivity index is 2.32. The maximum Gasteiger partial charge on any atom is 0.335 e. The monoisotopic (exact) mass is 295 g/mol. The van der Waals surface area contributed by atoms with Gasteiger partial charge in [0.15, 0.2) is 11.6 Å². The van der Waals surface area contributed by atoms with Crippen LogP contribution >= 0.6 is 0 Å². The van der Waals surface area contributed by atoms with Crippen LogP contribution in [0, 0.1) is 6.92 Å². The van der Waals surface area contributed by atoms with Gasteiger partial charge in [-0.15, -0.1) is 0 Å². The first kappa shape index (κ1) is 14.2. The quantitative estimate of drug-likeness (QED) is 0.843. The zero-order valence-corrected chi connectivity index (χ0v) is 11.8. The normalized spacial score (nSPS) is 11.3. The van der Waals surface area contributed by atoms with Crippen molar-refractivity contribution in [1.82, 2.24) is 10.1 Å². The summed E-state index contributed by atoms with van der Waals surface area (Å²) < 4.78 is 31.1. The minimum atomic E-state index is -3.86. The van der Waals surface area contributed by atoms with E-state index >= 15 is 0 Å². The molecule has 0 bridgehead atoms. The average molecular weight is 295 g/mol. The molecule has 8 heteroatoms. The lowest BCUT2D eigenvalue weighted by Gasteiger charge is -2.05. The Labute approximate surface area is 116 Å². The molecular weight excluding hydrogens is 282 g/mol. The van der Waals surface area contributed by atoms with Crippen molar-refractivity contribution in [2.45, 2.75) is 25.2 Å². The number of carbonyl (C=O) groups is 1. The number of rotatable bonds is 5. The van der Waals surface area contributed by atoms with Gasteiger partial charge in [-0.2, -0.15) is 4.98 Å². The van der Waals surface area contributed by atoms with Crippen LogP contribution in [0.15, 0.2) is 33.7 Å². The topological polar surface area (TPSA) is 102 Å². The van der Waals surface area contributed by atoms with Crippen LogP contribution in [0.25, 0.3) is 0 Å². The molecule has 0 aliphatic rings. The summed E-state index contributed by atoms with van der Waals surface area (Å²) in [5.74, 6) is 0.188. The van der Waals surface area contributed by atoms with Crippen LogP contribution in [0.2, 0.25) is 0 Å². The summed E-state index contributed by atoms with van der Waals surface area (Å²) in [4.78, 5) is 15.3. The SMILES string of the molecule is CCC(=O)c1cccc(S(=O)(=O)Nc2nc(C)no2)c1. The van der Waals surface area contributed by atoms with Gasteiger partial charge in [0.05, 0.1) is 4.90 Å². The molecule has 1 heterocycles. The predicted molar refractivity (Wildman–Crippen MR) is 70.9 cm³/mol. The molecule has 7 nitrogen and oxygen atoms in total. The van der Waals surface area contributed by atoms with E-state index in [4.69, 9.17) is 4.52 Å². The molecule has 0 aliphatic heterocycles. The van der Waals surface area contributed by atoms with Crippen molar-refractivity contribution in [3.8, 4) is 0 Å². The molecule has 0 fully saturated rings. The van der Waals surface area contributed by atoms with E-state index in [1.807, 2.05) is 0 Å². The highest BCUT2D eigenvalue weighted by atomic mass is 32.2. The van der Waals surface area contributed by atoms with Crippen LogP contribution in [-0.2, 0) is 10.0 Å². The number of anilines is 1. The number of nitrogens with one attached hydrogen (secondary N) is 1. The van der Waals surface area contributed by atoms with Crippen LogP contribution in [0.4, 0.5) is 6.01 Å². The van der Waals surface area contributed by atoms with E-state index in [2.05, 4.69) is 14.9 Å². The van der Waals surface area contributed by atoms with Crippen LogP contribution < -0.4 is 4.72 Å². The molecule has 0 spiro atoms. The van der Waals surface area contributed by atoms with Gasteiger partial charge in [0.1, 0.15) is 0 Å². The lowest BCUT2D eigenvalue weighted by atomic mass is 10.1. The fraction of sp³-hybridized carbons (Fsp3) is 0.250. The van der Waals surface area contributed by atoms with E-state index in [-0.39, 0.29) is 16.7 Å². The van der Waals surface area contributed by atoms with Crippen molar-refractivity contribution >= 4 is 21.8 Å². The van der Waals surface area contributed by atoms with Gasteiger partial charge in [0.25, 0.3) is 10.0 Å². The van der Waals surface area contributed by atoms with Crippen LogP contribution in [-0.4, -0.2) is 24.3 Å². The zero-order chi connectivity index (χ0) is 14.8. The number of sulfonamides is 1. The lowest BCUT2D eigenvalue weighted by Crippen LogP contribution is -2.14. The number of hydrogen-bond acceptors (Lipinski definition) is 6. The third kappa shape index (κ3) is 3.02. The van der Waals surface area contributed by atoms with Crippen molar-refractivity contribution in [2.24, 2.45) is 0 Å². The molecule has 1 N–H and O–H groups in total. The molecule has 2 rings (SSSR count). The fourth-order valence-electron chi connectivity index (χ4n) is 1.55. The molecule has 1 aromatic carbocycles. The molecular formula is C12H13N3O4S. The molecule has 0 saturated carbocycles. The average Bonchev–Trinajstić information content (AvgIpc) is 2.82. The smallest absolute Gasteiger partial charge is 0.314 e. The summed E-state index contributed by atoms with van der Waals surface area (Å²) in [6, 6.07) is 5.57. The fourth-order valence-corrected chi connectivity index (χ4v) is 2.52. The highest BCUT2D eigenvalue weighted by molar-refractivity contribution is 7.92. The van der Waals surface area contributed by atoms with E-state index < -0.39 is 10.0 Å². The molecule has 0 saturated heterocycles. The van der Waals surface area contributed by atoms with Gasteiger partial charge < -0.3 is 4.52 Å². The highest BCUT2D eigenvalue weighted by Gasteiger charge is 2.18. The molecule has 0 amide bonds. The van der Waals surface area contributed by atoms with Gasteiger partial charge in [-0.25, -0.2) is 13.1 Å². The van der Waals surface area contributed by atoms with E-state index in [1.165, 1.54) is 18.2 Å². The number of ketones is 1. The standard InChI is InChI=1S/C12H13N3O4S/c1-3-11(16)9-5-4-6-10(7-9)20(17,18)15-12-13-8(2)14-19-12/h4-7H,3H2,1-2H3,(H,13,14,15). The third-order valence-corrected chi connectivity index (χ3v) is 3.85. The molecule has 2 aromatic rings. The van der Waals surface area contributed by atoms with Crippen LogP contribution in [0.3, 0.4) is 0 Å². The Morgan fingerprint density at radius 2 is 2.15 bits per heavy atom. The van der Waals surface area contributed by atoms with Crippen LogP contribution in [0.5, 0.6) is 0 Å². The van der Waals surface area contributed by atoms with Crippen molar-refractivity contribution in [3.63, 3.8) is 0 Å². The number of nitrogens with zero attached hydrogens (tertiary/aromatic N) is 2. The summed E-state index contributed by atoms with van der Waals surface area (Å²) >= 11 is 0. The molecule has 0 radical (unpaired) electrons. The van der Waals surface area contributed by atoms with Gasteiger partial charge >= 0.3 is 6.01 Å². The Hall–Kier alpha value is -2.22. The second kappa shape index (κ2) is 5.41. The minimum absolute atomic E-state index is 0.0346. The third-order valence-electron chi connectivity index (χ3n) is 2.54. The first-order valence-electron chi connectivity index (χ1n) is 5.89. The summed E-state index contributed by atoms with van der Waals surface area (Å²) in [7, 11) is -3.86. The summed E-state index contributed by atoms with van der Waals surface area (Å²) in [6.45, 7) is 3.28. The van der Waals surface area contributed by atoms with Crippen molar-refractivity contribution < 1.29 is 17.7 Å². The second-order valence-corrected chi connectivity index (χ2v) is 5.74. The van der Waals surface area contributed by atoms with Crippen molar-refractivity contribution in [2.75, 3.05) is 4.72 Å². The summed E-state index contributed by atoms with van der Waals surface area (Å²) in [5, 5.41) is 3.49. The molecule has 0 unspecified atom stereocenters. The van der Waals surface area contributed by atoms with Gasteiger partial charge in [0.2, 0.25) is 0 Å². The van der Waals surface area contributed by atoms with E-state index in [9.17, 15) is 13.2 Å². The largest absolute Gasteiger partial charge is 0.335 e. The molecule has 106 valence electrons. The van der Waals surface area contributed by atoms with Crippen molar-refractivity contribution in [3.05, 3.63) is 35.7 Å². The first-order chi connectivity index (χ1) is 9.42. The lowest BCUT2D eigenvalue weighted by molar-refractivity contribution is 0.0988. The molecule has 0 aliphatic carbocycles. The number of hydrogen-bond donors (Lipinski definition) is 1. The summed E-state index contributed by atoms with van der Waals surface area (Å²) in [6.07, 6.45) is 0.305. The Bertz CT molecular complexity index is 737. The minimum Gasteiger partial charge on any atom is -0.314 e. The second-order valence-electron chi connectivity index (χ2n) is 4.06. The predicted octanol–water partition coefficient (Wildman–Crippen LogP) is 1.77. The van der Waals surface area contributed by atoms with Crippen LogP contribution in [0.1, 0.15) is 29.5 Å². The Morgan fingerprint density at radius 3 is 2.75 bits per heavy atom. The Morgan fingerprint density at radius 1 is 1.40 bits per heavy atom. The molecule has 20 heavy (non-hydrogen) atoms. The number of carbonyl (C=O) groups excluding carboxylic acids is 1. The summed E-state index contributed by atoms with van der Waals surface area (Å²) in [5.41, 5.74) is 0.345. The maximum atomic E-state index is 12.1.